The highest BCUT2D eigenvalue weighted by molar-refractivity contribution is 14.0. The van der Waals surface area contributed by atoms with Crippen LogP contribution in [0.5, 0.6) is 17.2 Å². The molecule has 0 aromatic heterocycles. The van der Waals surface area contributed by atoms with Gasteiger partial charge >= 0.3 is 0 Å². The van der Waals surface area contributed by atoms with Crippen LogP contribution >= 0.6 is 35.6 Å². The maximum Gasteiger partial charge on any atom is 0.189 e. The monoisotopic (exact) mass is 505 g/mol. The maximum absolute atomic E-state index is 5.92. The zero-order valence-electron chi connectivity index (χ0n) is 15.6. The van der Waals surface area contributed by atoms with Crippen molar-refractivity contribution >= 4 is 41.5 Å². The smallest absolute Gasteiger partial charge is 0.189 e. The number of guanidine groups is 1. The summed E-state index contributed by atoms with van der Waals surface area (Å²) >= 11 is 5.86. The molecular weight excluding hydrogens is 481 g/mol. The summed E-state index contributed by atoms with van der Waals surface area (Å²) in [4.78, 5) is 4.33. The second kappa shape index (κ2) is 11.8. The molecule has 1 atom stereocenters. The van der Waals surface area contributed by atoms with Gasteiger partial charge in [-0.15, -0.1) is 24.0 Å². The number of rotatable bonds is 8. The van der Waals surface area contributed by atoms with E-state index in [-0.39, 0.29) is 30.1 Å². The lowest BCUT2D eigenvalue weighted by molar-refractivity contribution is 0.224. The van der Waals surface area contributed by atoms with E-state index in [0.717, 1.165) is 11.3 Å². The van der Waals surface area contributed by atoms with Crippen molar-refractivity contribution in [2.24, 2.45) is 10.7 Å². The molecule has 3 N–H and O–H groups in total. The van der Waals surface area contributed by atoms with E-state index < -0.39 is 0 Å². The number of nitrogens with zero attached hydrogens (tertiary/aromatic N) is 1. The fourth-order valence-electron chi connectivity index (χ4n) is 2.25. The van der Waals surface area contributed by atoms with Gasteiger partial charge in [0.25, 0.3) is 0 Å². The molecule has 0 radical (unpaired) electrons. The van der Waals surface area contributed by atoms with E-state index in [2.05, 4.69) is 10.3 Å². The summed E-state index contributed by atoms with van der Waals surface area (Å²) in [5.41, 5.74) is 6.89. The largest absolute Gasteiger partial charge is 0.493 e. The zero-order valence-corrected chi connectivity index (χ0v) is 18.7. The molecule has 8 heteroatoms. The van der Waals surface area contributed by atoms with E-state index in [1.54, 1.807) is 26.4 Å². The predicted octanol–water partition coefficient (Wildman–Crippen LogP) is 3.85. The minimum atomic E-state index is -0.0778. The van der Waals surface area contributed by atoms with Gasteiger partial charge in [-0.05, 0) is 48.9 Å². The van der Waals surface area contributed by atoms with Crippen LogP contribution in [0, 0.1) is 0 Å². The minimum absolute atomic E-state index is 0. The van der Waals surface area contributed by atoms with E-state index in [0.29, 0.717) is 35.6 Å². The molecule has 0 fully saturated rings. The first kappa shape index (κ1) is 23.2. The van der Waals surface area contributed by atoms with Crippen molar-refractivity contribution in [2.75, 3.05) is 20.8 Å². The third-order valence-corrected chi connectivity index (χ3v) is 3.85. The number of nitrogens with one attached hydrogen (secondary N) is 1. The van der Waals surface area contributed by atoms with Crippen LogP contribution in [0.25, 0.3) is 0 Å². The van der Waals surface area contributed by atoms with Gasteiger partial charge in [-0.25, -0.2) is 4.99 Å². The van der Waals surface area contributed by atoms with Gasteiger partial charge in [0.2, 0.25) is 0 Å². The fraction of sp³-hybridized carbons (Fsp3) is 0.316. The average molecular weight is 506 g/mol. The second-order valence-corrected chi connectivity index (χ2v) is 6.09. The van der Waals surface area contributed by atoms with E-state index in [1.807, 2.05) is 37.3 Å². The second-order valence-electron chi connectivity index (χ2n) is 5.65. The third-order valence-electron chi connectivity index (χ3n) is 3.60. The number of aliphatic imine (C=N–C) groups is 1. The molecule has 0 amide bonds. The SMILES string of the molecule is COc1ccc(CN=C(N)NCC(C)Oc2ccc(Cl)cc2)cc1OC.I. The number of ether oxygens (including phenoxy) is 3. The maximum atomic E-state index is 5.92. The van der Waals surface area contributed by atoms with Gasteiger partial charge in [0.1, 0.15) is 11.9 Å². The van der Waals surface area contributed by atoms with Crippen molar-refractivity contribution in [3.05, 3.63) is 53.1 Å². The molecule has 0 aliphatic heterocycles. The summed E-state index contributed by atoms with van der Waals surface area (Å²) < 4.78 is 16.3. The standard InChI is InChI=1S/C19H24ClN3O3.HI/c1-13(26-16-7-5-15(20)6-8-16)11-22-19(21)23-12-14-4-9-17(24-2)18(10-14)25-3;/h4-10,13H,11-12H2,1-3H3,(H3,21,22,23);1H. The summed E-state index contributed by atoms with van der Waals surface area (Å²) in [5.74, 6) is 2.45. The van der Waals surface area contributed by atoms with Crippen LogP contribution in [0.2, 0.25) is 5.02 Å². The first-order chi connectivity index (χ1) is 12.5. The fourth-order valence-corrected chi connectivity index (χ4v) is 2.37. The van der Waals surface area contributed by atoms with Crippen molar-refractivity contribution in [3.8, 4) is 17.2 Å². The Morgan fingerprint density at radius 3 is 2.41 bits per heavy atom. The lowest BCUT2D eigenvalue weighted by atomic mass is 10.2. The average Bonchev–Trinajstić information content (AvgIpc) is 2.66. The molecule has 148 valence electrons. The van der Waals surface area contributed by atoms with Crippen molar-refractivity contribution in [1.29, 1.82) is 0 Å². The zero-order chi connectivity index (χ0) is 18.9. The molecule has 2 rings (SSSR count). The van der Waals surface area contributed by atoms with Gasteiger partial charge in [-0.2, -0.15) is 0 Å². The molecule has 6 nitrogen and oxygen atoms in total. The molecule has 0 aliphatic carbocycles. The summed E-state index contributed by atoms with van der Waals surface area (Å²) in [6.45, 7) is 2.92. The van der Waals surface area contributed by atoms with Crippen LogP contribution in [-0.4, -0.2) is 32.8 Å². The third kappa shape index (κ3) is 7.72. The van der Waals surface area contributed by atoms with Crippen molar-refractivity contribution in [2.45, 2.75) is 19.6 Å². The summed E-state index contributed by atoms with van der Waals surface area (Å²) in [7, 11) is 3.20. The number of methoxy groups -OCH3 is 2. The molecule has 27 heavy (non-hydrogen) atoms. The Morgan fingerprint density at radius 2 is 1.78 bits per heavy atom. The van der Waals surface area contributed by atoms with Gasteiger partial charge in [-0.3, -0.25) is 0 Å². The van der Waals surface area contributed by atoms with Gasteiger partial charge in [0.15, 0.2) is 17.5 Å². The van der Waals surface area contributed by atoms with E-state index in [4.69, 9.17) is 31.5 Å². The van der Waals surface area contributed by atoms with Crippen molar-refractivity contribution < 1.29 is 14.2 Å². The van der Waals surface area contributed by atoms with Crippen LogP contribution in [-0.2, 0) is 6.54 Å². The van der Waals surface area contributed by atoms with Crippen LogP contribution in [0.1, 0.15) is 12.5 Å². The van der Waals surface area contributed by atoms with Crippen LogP contribution in [0.4, 0.5) is 0 Å². The van der Waals surface area contributed by atoms with E-state index in [9.17, 15) is 0 Å². The molecule has 2 aromatic carbocycles. The number of benzene rings is 2. The van der Waals surface area contributed by atoms with Crippen molar-refractivity contribution in [1.82, 2.24) is 5.32 Å². The molecule has 1 unspecified atom stereocenters. The van der Waals surface area contributed by atoms with Gasteiger partial charge in [0.05, 0.1) is 27.3 Å². The molecule has 0 heterocycles. The first-order valence-electron chi connectivity index (χ1n) is 8.18. The highest BCUT2D eigenvalue weighted by Crippen LogP contribution is 2.27. The molecule has 2 aromatic rings. The Balaban J connectivity index is 0.00000364. The lowest BCUT2D eigenvalue weighted by Crippen LogP contribution is -2.38. The molecule has 0 bridgehead atoms. The van der Waals surface area contributed by atoms with Crippen molar-refractivity contribution in [3.63, 3.8) is 0 Å². The van der Waals surface area contributed by atoms with Gasteiger partial charge in [0, 0.05) is 5.02 Å². The number of hydrogen-bond donors (Lipinski definition) is 2. The van der Waals surface area contributed by atoms with E-state index in [1.165, 1.54) is 0 Å². The molecule has 0 saturated heterocycles. The highest BCUT2D eigenvalue weighted by atomic mass is 127. The Bertz CT molecular complexity index is 741. The van der Waals surface area contributed by atoms with Gasteiger partial charge in [-0.1, -0.05) is 17.7 Å². The predicted molar refractivity (Wildman–Crippen MR) is 120 cm³/mol. The Labute approximate surface area is 182 Å². The molecule has 0 spiro atoms. The number of nitrogens with two attached hydrogens (primary N) is 1. The van der Waals surface area contributed by atoms with Crippen LogP contribution in [0.15, 0.2) is 47.5 Å². The Hall–Kier alpha value is -1.87. The normalized spacial score (nSPS) is 11.9. The number of halogens is 2. The summed E-state index contributed by atoms with van der Waals surface area (Å²) in [5, 5.41) is 3.73. The molecular formula is C19H25ClIN3O3. The van der Waals surface area contributed by atoms with E-state index >= 15 is 0 Å². The Kier molecular flexibility index (Phi) is 10.1. The summed E-state index contributed by atoms with van der Waals surface area (Å²) in [6, 6.07) is 12.9. The molecule has 0 saturated carbocycles. The van der Waals surface area contributed by atoms with Crippen LogP contribution < -0.4 is 25.3 Å². The Morgan fingerprint density at radius 1 is 1.11 bits per heavy atom. The van der Waals surface area contributed by atoms with Gasteiger partial charge < -0.3 is 25.3 Å². The summed E-state index contributed by atoms with van der Waals surface area (Å²) in [6.07, 6.45) is -0.0778. The topological polar surface area (TPSA) is 78.1 Å². The quantitative estimate of drug-likeness (QED) is 0.324. The minimum Gasteiger partial charge on any atom is -0.493 e. The highest BCUT2D eigenvalue weighted by Gasteiger charge is 2.06. The lowest BCUT2D eigenvalue weighted by Gasteiger charge is -2.16. The number of hydrogen-bond acceptors (Lipinski definition) is 4. The van der Waals surface area contributed by atoms with Crippen LogP contribution in [0.3, 0.4) is 0 Å². The first-order valence-corrected chi connectivity index (χ1v) is 8.56. The molecule has 0 aliphatic rings.